The highest BCUT2D eigenvalue weighted by Crippen LogP contribution is 2.01. The second-order valence-corrected chi connectivity index (χ2v) is 3.77. The standard InChI is InChI=1S/C10H18N2O4/c1-2-7(10(14)15)5-12-9(13)8-6-16-4-3-11-8/h7-8,11H,2-6H2,1H3,(H,12,13)(H,14,15). The minimum Gasteiger partial charge on any atom is -0.481 e. The number of amides is 1. The minimum absolute atomic E-state index is 0.169. The van der Waals surface area contributed by atoms with Crippen LogP contribution in [0.15, 0.2) is 0 Å². The average molecular weight is 230 g/mol. The normalized spacial score (nSPS) is 22.4. The Hall–Kier alpha value is -1.14. The molecule has 0 spiro atoms. The number of carbonyl (C=O) groups excluding carboxylic acids is 1. The van der Waals surface area contributed by atoms with Gasteiger partial charge in [0.1, 0.15) is 6.04 Å². The van der Waals surface area contributed by atoms with Crippen molar-refractivity contribution in [1.29, 1.82) is 0 Å². The van der Waals surface area contributed by atoms with Crippen LogP contribution in [-0.4, -0.2) is 49.3 Å². The van der Waals surface area contributed by atoms with Gasteiger partial charge in [-0.15, -0.1) is 0 Å². The van der Waals surface area contributed by atoms with E-state index >= 15 is 0 Å². The van der Waals surface area contributed by atoms with E-state index in [0.29, 0.717) is 26.2 Å². The van der Waals surface area contributed by atoms with E-state index in [4.69, 9.17) is 9.84 Å². The summed E-state index contributed by atoms with van der Waals surface area (Å²) in [5.74, 6) is -1.59. The van der Waals surface area contributed by atoms with Gasteiger partial charge in [-0.2, -0.15) is 0 Å². The van der Waals surface area contributed by atoms with Crippen molar-refractivity contribution in [2.75, 3.05) is 26.3 Å². The number of aliphatic carboxylic acids is 1. The van der Waals surface area contributed by atoms with Gasteiger partial charge in [-0.1, -0.05) is 6.92 Å². The molecule has 92 valence electrons. The van der Waals surface area contributed by atoms with Crippen LogP contribution in [0.25, 0.3) is 0 Å². The number of carbonyl (C=O) groups is 2. The number of hydrogen-bond donors (Lipinski definition) is 3. The van der Waals surface area contributed by atoms with Gasteiger partial charge in [0, 0.05) is 13.1 Å². The second kappa shape index (κ2) is 6.44. The molecule has 1 aliphatic rings. The Morgan fingerprint density at radius 1 is 1.62 bits per heavy atom. The maximum absolute atomic E-state index is 11.6. The lowest BCUT2D eigenvalue weighted by Gasteiger charge is -2.23. The molecule has 0 aliphatic carbocycles. The molecule has 0 aromatic rings. The molecule has 0 aromatic carbocycles. The lowest BCUT2D eigenvalue weighted by molar-refractivity contribution is -0.141. The molecule has 1 aliphatic heterocycles. The largest absolute Gasteiger partial charge is 0.481 e. The van der Waals surface area contributed by atoms with Crippen LogP contribution in [0.1, 0.15) is 13.3 Å². The molecule has 2 atom stereocenters. The lowest BCUT2D eigenvalue weighted by atomic mass is 10.1. The summed E-state index contributed by atoms with van der Waals surface area (Å²) in [6.45, 7) is 3.55. The van der Waals surface area contributed by atoms with E-state index < -0.39 is 11.9 Å². The molecule has 2 unspecified atom stereocenters. The van der Waals surface area contributed by atoms with Crippen LogP contribution >= 0.6 is 0 Å². The first-order valence-corrected chi connectivity index (χ1v) is 5.46. The van der Waals surface area contributed by atoms with Gasteiger partial charge in [0.15, 0.2) is 0 Å². The highest BCUT2D eigenvalue weighted by molar-refractivity contribution is 5.82. The van der Waals surface area contributed by atoms with Crippen molar-refractivity contribution in [3.05, 3.63) is 0 Å². The van der Waals surface area contributed by atoms with Gasteiger partial charge in [0.2, 0.25) is 5.91 Å². The average Bonchev–Trinajstić information content (AvgIpc) is 2.30. The molecule has 1 amide bonds. The smallest absolute Gasteiger partial charge is 0.308 e. The molecule has 0 aromatic heterocycles. The molecular weight excluding hydrogens is 212 g/mol. The fraction of sp³-hybridized carbons (Fsp3) is 0.800. The van der Waals surface area contributed by atoms with Crippen LogP contribution in [0.2, 0.25) is 0 Å². The number of ether oxygens (including phenoxy) is 1. The summed E-state index contributed by atoms with van der Waals surface area (Å²) >= 11 is 0. The van der Waals surface area contributed by atoms with Gasteiger partial charge < -0.3 is 20.5 Å². The molecule has 1 fully saturated rings. The molecule has 3 N–H and O–H groups in total. The van der Waals surface area contributed by atoms with Gasteiger partial charge in [0.25, 0.3) is 0 Å². The van der Waals surface area contributed by atoms with E-state index in [2.05, 4.69) is 10.6 Å². The van der Waals surface area contributed by atoms with Crippen molar-refractivity contribution >= 4 is 11.9 Å². The summed E-state index contributed by atoms with van der Waals surface area (Å²) in [6.07, 6.45) is 0.504. The summed E-state index contributed by atoms with van der Waals surface area (Å²) in [4.78, 5) is 22.3. The quantitative estimate of drug-likeness (QED) is 0.575. The first-order chi connectivity index (χ1) is 7.65. The van der Waals surface area contributed by atoms with Crippen LogP contribution in [0.4, 0.5) is 0 Å². The Morgan fingerprint density at radius 2 is 2.38 bits per heavy atom. The molecule has 1 saturated heterocycles. The third-order valence-corrected chi connectivity index (χ3v) is 2.60. The Bertz CT molecular complexity index is 251. The van der Waals surface area contributed by atoms with Gasteiger partial charge >= 0.3 is 5.97 Å². The van der Waals surface area contributed by atoms with Crippen LogP contribution < -0.4 is 10.6 Å². The SMILES string of the molecule is CCC(CNC(=O)C1COCCN1)C(=O)O. The molecule has 6 nitrogen and oxygen atoms in total. The molecule has 1 rings (SSSR count). The first-order valence-electron chi connectivity index (χ1n) is 5.46. The topological polar surface area (TPSA) is 87.7 Å². The van der Waals surface area contributed by atoms with Crippen molar-refractivity contribution < 1.29 is 19.4 Å². The van der Waals surface area contributed by atoms with Crippen molar-refractivity contribution in [3.8, 4) is 0 Å². The number of carboxylic acid groups (broad SMARTS) is 1. The number of nitrogens with one attached hydrogen (secondary N) is 2. The van der Waals surface area contributed by atoms with Crippen molar-refractivity contribution in [3.63, 3.8) is 0 Å². The number of carboxylic acids is 1. The second-order valence-electron chi connectivity index (χ2n) is 3.77. The predicted octanol–water partition coefficient (Wildman–Crippen LogP) is -0.798. The Balaban J connectivity index is 2.30. The van der Waals surface area contributed by atoms with Gasteiger partial charge in [0.05, 0.1) is 19.1 Å². The molecule has 1 heterocycles. The predicted molar refractivity (Wildman–Crippen MR) is 57.0 cm³/mol. The van der Waals surface area contributed by atoms with Gasteiger partial charge in [-0.25, -0.2) is 0 Å². The summed E-state index contributed by atoms with van der Waals surface area (Å²) in [6, 6.07) is -0.361. The third-order valence-electron chi connectivity index (χ3n) is 2.60. The number of morpholine rings is 1. The van der Waals surface area contributed by atoms with Crippen molar-refractivity contribution in [2.45, 2.75) is 19.4 Å². The summed E-state index contributed by atoms with van der Waals surface area (Å²) in [7, 11) is 0. The zero-order chi connectivity index (χ0) is 12.0. The number of rotatable bonds is 5. The molecule has 0 radical (unpaired) electrons. The molecule has 0 saturated carbocycles. The summed E-state index contributed by atoms with van der Waals surface area (Å²) in [5, 5.41) is 14.4. The van der Waals surface area contributed by atoms with Gasteiger partial charge in [-0.3, -0.25) is 9.59 Å². The fourth-order valence-electron chi connectivity index (χ4n) is 1.49. The fourth-order valence-corrected chi connectivity index (χ4v) is 1.49. The maximum Gasteiger partial charge on any atom is 0.308 e. The van der Waals surface area contributed by atoms with E-state index in [0.717, 1.165) is 0 Å². The highest BCUT2D eigenvalue weighted by Gasteiger charge is 2.23. The van der Waals surface area contributed by atoms with Crippen LogP contribution in [0.5, 0.6) is 0 Å². The van der Waals surface area contributed by atoms with E-state index in [-0.39, 0.29) is 18.5 Å². The third kappa shape index (κ3) is 3.79. The zero-order valence-electron chi connectivity index (χ0n) is 9.36. The van der Waals surface area contributed by atoms with E-state index in [1.807, 2.05) is 0 Å². The Labute approximate surface area is 94.3 Å². The molecule has 16 heavy (non-hydrogen) atoms. The van der Waals surface area contributed by atoms with Crippen molar-refractivity contribution in [1.82, 2.24) is 10.6 Å². The zero-order valence-corrected chi connectivity index (χ0v) is 9.36. The highest BCUT2D eigenvalue weighted by atomic mass is 16.5. The van der Waals surface area contributed by atoms with E-state index in [1.165, 1.54) is 0 Å². The summed E-state index contributed by atoms with van der Waals surface area (Å²) < 4.78 is 5.14. The number of hydrogen-bond acceptors (Lipinski definition) is 4. The van der Waals surface area contributed by atoms with Gasteiger partial charge in [-0.05, 0) is 6.42 Å². The van der Waals surface area contributed by atoms with Crippen LogP contribution in [0, 0.1) is 5.92 Å². The molecule has 0 bridgehead atoms. The molecule has 6 heteroatoms. The lowest BCUT2D eigenvalue weighted by Crippen LogP contribution is -2.52. The summed E-state index contributed by atoms with van der Waals surface area (Å²) in [5.41, 5.74) is 0. The maximum atomic E-state index is 11.6. The molecular formula is C10H18N2O4. The monoisotopic (exact) mass is 230 g/mol. The first kappa shape index (κ1) is 12.9. The van der Waals surface area contributed by atoms with Crippen LogP contribution in [-0.2, 0) is 14.3 Å². The van der Waals surface area contributed by atoms with E-state index in [1.54, 1.807) is 6.92 Å². The van der Waals surface area contributed by atoms with Crippen LogP contribution in [0.3, 0.4) is 0 Å². The Kier molecular flexibility index (Phi) is 5.21. The van der Waals surface area contributed by atoms with E-state index in [9.17, 15) is 9.59 Å². The Morgan fingerprint density at radius 3 is 2.88 bits per heavy atom. The van der Waals surface area contributed by atoms with Crippen molar-refractivity contribution in [2.24, 2.45) is 5.92 Å². The minimum atomic E-state index is -0.879.